The van der Waals surface area contributed by atoms with Crippen molar-refractivity contribution in [2.24, 2.45) is 0 Å². The Morgan fingerprint density at radius 1 is 1.73 bits per heavy atom. The molecule has 0 aliphatic rings. The fourth-order valence-electron chi connectivity index (χ4n) is 0.694. The van der Waals surface area contributed by atoms with Crippen molar-refractivity contribution in [1.29, 1.82) is 0 Å². The van der Waals surface area contributed by atoms with E-state index in [1.54, 1.807) is 25.5 Å². The Bertz CT molecular complexity index is 275. The first-order chi connectivity index (χ1) is 5.25. The third kappa shape index (κ3) is 1.77. The lowest BCUT2D eigenvalue weighted by Gasteiger charge is -1.99. The minimum atomic E-state index is -0.112. The van der Waals surface area contributed by atoms with Crippen molar-refractivity contribution in [2.45, 2.75) is 0 Å². The van der Waals surface area contributed by atoms with Crippen LogP contribution in [0.2, 0.25) is 0 Å². The van der Waals surface area contributed by atoms with Gasteiger partial charge in [0.1, 0.15) is 0 Å². The van der Waals surface area contributed by atoms with Gasteiger partial charge in [-0.25, -0.2) is 0 Å². The molecule has 3 nitrogen and oxygen atoms in total. The van der Waals surface area contributed by atoms with Gasteiger partial charge in [-0.2, -0.15) is 0 Å². The van der Waals surface area contributed by atoms with E-state index in [4.69, 9.17) is 0 Å². The van der Waals surface area contributed by atoms with Crippen LogP contribution in [0, 0.1) is 0 Å². The van der Waals surface area contributed by atoms with Crippen LogP contribution in [0.1, 0.15) is 10.4 Å². The average molecular weight is 215 g/mol. The Hall–Kier alpha value is -0.900. The van der Waals surface area contributed by atoms with Crippen LogP contribution < -0.4 is 5.32 Å². The van der Waals surface area contributed by atoms with Gasteiger partial charge >= 0.3 is 0 Å². The van der Waals surface area contributed by atoms with E-state index in [-0.39, 0.29) is 5.91 Å². The molecule has 4 heteroatoms. The largest absolute Gasteiger partial charge is 0.355 e. The number of nitrogens with zero attached hydrogens (tertiary/aromatic N) is 1. The zero-order valence-corrected chi connectivity index (χ0v) is 7.55. The highest BCUT2D eigenvalue weighted by molar-refractivity contribution is 9.10. The Kier molecular flexibility index (Phi) is 2.59. The summed E-state index contributed by atoms with van der Waals surface area (Å²) in [6.45, 7) is 0. The predicted molar refractivity (Wildman–Crippen MR) is 45.3 cm³/mol. The Morgan fingerprint density at radius 3 is 3.00 bits per heavy atom. The average Bonchev–Trinajstić information content (AvgIpc) is 2.04. The number of aromatic nitrogens is 1. The highest BCUT2D eigenvalue weighted by atomic mass is 79.9. The third-order valence-corrected chi connectivity index (χ3v) is 1.88. The van der Waals surface area contributed by atoms with Gasteiger partial charge < -0.3 is 5.32 Å². The fourth-order valence-corrected chi connectivity index (χ4v) is 1.12. The summed E-state index contributed by atoms with van der Waals surface area (Å²) in [6.07, 6.45) is 3.17. The molecular weight excluding hydrogens is 208 g/mol. The molecule has 0 saturated heterocycles. The Morgan fingerprint density at radius 2 is 2.45 bits per heavy atom. The maximum atomic E-state index is 11.1. The van der Waals surface area contributed by atoms with Gasteiger partial charge in [-0.15, -0.1) is 0 Å². The van der Waals surface area contributed by atoms with Crippen molar-refractivity contribution >= 4 is 21.8 Å². The summed E-state index contributed by atoms with van der Waals surface area (Å²) < 4.78 is 0.708. The maximum absolute atomic E-state index is 11.1. The summed E-state index contributed by atoms with van der Waals surface area (Å²) in [5.41, 5.74) is 0.600. The van der Waals surface area contributed by atoms with Gasteiger partial charge in [0.25, 0.3) is 5.91 Å². The van der Waals surface area contributed by atoms with E-state index in [1.807, 2.05) is 0 Å². The van der Waals surface area contributed by atoms with E-state index in [0.29, 0.717) is 10.0 Å². The SMILES string of the molecule is CNC(=O)c1ccncc1Br. The molecule has 0 atom stereocenters. The monoisotopic (exact) mass is 214 g/mol. The number of rotatable bonds is 1. The van der Waals surface area contributed by atoms with Crippen LogP contribution in [0.4, 0.5) is 0 Å². The lowest BCUT2D eigenvalue weighted by molar-refractivity contribution is 0.0962. The van der Waals surface area contributed by atoms with Gasteiger partial charge in [0.05, 0.1) is 5.56 Å². The normalized spacial score (nSPS) is 9.27. The quantitative estimate of drug-likeness (QED) is 0.764. The van der Waals surface area contributed by atoms with Gasteiger partial charge in [0.15, 0.2) is 0 Å². The van der Waals surface area contributed by atoms with E-state index >= 15 is 0 Å². The summed E-state index contributed by atoms with van der Waals surface area (Å²) in [6, 6.07) is 1.66. The molecule has 0 aliphatic heterocycles. The number of carbonyl (C=O) groups excluding carboxylic acids is 1. The first kappa shape index (κ1) is 8.20. The molecule has 0 spiro atoms. The van der Waals surface area contributed by atoms with Crippen molar-refractivity contribution in [2.75, 3.05) is 7.05 Å². The van der Waals surface area contributed by atoms with Crippen LogP contribution in [0.3, 0.4) is 0 Å². The van der Waals surface area contributed by atoms with Crippen molar-refractivity contribution in [3.63, 3.8) is 0 Å². The van der Waals surface area contributed by atoms with Gasteiger partial charge in [0.2, 0.25) is 0 Å². The van der Waals surface area contributed by atoms with Gasteiger partial charge in [-0.3, -0.25) is 9.78 Å². The molecule has 1 rings (SSSR count). The first-order valence-electron chi connectivity index (χ1n) is 3.07. The number of nitrogens with one attached hydrogen (secondary N) is 1. The molecule has 58 valence electrons. The second-order valence-corrected chi connectivity index (χ2v) is 2.79. The lowest BCUT2D eigenvalue weighted by Crippen LogP contribution is -2.18. The number of amides is 1. The van der Waals surface area contributed by atoms with E-state index in [2.05, 4.69) is 26.2 Å². The number of hydrogen-bond donors (Lipinski definition) is 1. The van der Waals surface area contributed by atoms with E-state index < -0.39 is 0 Å². The third-order valence-electron chi connectivity index (χ3n) is 1.24. The highest BCUT2D eigenvalue weighted by Crippen LogP contribution is 2.13. The molecule has 0 saturated carbocycles. The van der Waals surface area contributed by atoms with Gasteiger partial charge in [-0.1, -0.05) is 0 Å². The summed E-state index contributed by atoms with van der Waals surface area (Å²) in [5.74, 6) is -0.112. The van der Waals surface area contributed by atoms with Crippen LogP contribution in [-0.4, -0.2) is 17.9 Å². The fraction of sp³-hybridized carbons (Fsp3) is 0.143. The summed E-state index contributed by atoms with van der Waals surface area (Å²) in [4.78, 5) is 14.9. The van der Waals surface area contributed by atoms with Crippen molar-refractivity contribution in [3.8, 4) is 0 Å². The topological polar surface area (TPSA) is 42.0 Å². The van der Waals surface area contributed by atoms with E-state index in [9.17, 15) is 4.79 Å². The highest BCUT2D eigenvalue weighted by Gasteiger charge is 2.05. The zero-order valence-electron chi connectivity index (χ0n) is 5.97. The molecule has 0 aliphatic carbocycles. The van der Waals surface area contributed by atoms with E-state index in [1.165, 1.54) is 0 Å². The second-order valence-electron chi connectivity index (χ2n) is 1.93. The zero-order chi connectivity index (χ0) is 8.27. The first-order valence-corrected chi connectivity index (χ1v) is 3.86. The van der Waals surface area contributed by atoms with Crippen LogP contribution in [0.15, 0.2) is 22.9 Å². The van der Waals surface area contributed by atoms with Crippen LogP contribution in [0.5, 0.6) is 0 Å². The number of hydrogen-bond acceptors (Lipinski definition) is 2. The lowest BCUT2D eigenvalue weighted by atomic mass is 10.2. The molecule has 1 aromatic rings. The maximum Gasteiger partial charge on any atom is 0.252 e. The molecule has 1 amide bonds. The molecule has 11 heavy (non-hydrogen) atoms. The van der Waals surface area contributed by atoms with Crippen molar-refractivity contribution in [1.82, 2.24) is 10.3 Å². The number of halogens is 1. The minimum absolute atomic E-state index is 0.112. The van der Waals surface area contributed by atoms with Crippen LogP contribution >= 0.6 is 15.9 Å². The molecule has 0 aromatic carbocycles. The molecule has 0 radical (unpaired) electrons. The molecule has 1 N–H and O–H groups in total. The molecule has 1 aromatic heterocycles. The van der Waals surface area contributed by atoms with Crippen LogP contribution in [-0.2, 0) is 0 Å². The predicted octanol–water partition coefficient (Wildman–Crippen LogP) is 1.20. The summed E-state index contributed by atoms with van der Waals surface area (Å²) in [5, 5.41) is 2.53. The Labute approximate surface area is 73.0 Å². The molecule has 0 fully saturated rings. The van der Waals surface area contributed by atoms with Gasteiger partial charge in [0, 0.05) is 23.9 Å². The molecule has 0 unspecified atom stereocenters. The van der Waals surface area contributed by atoms with Crippen molar-refractivity contribution < 1.29 is 4.79 Å². The number of pyridine rings is 1. The standard InChI is InChI=1S/C7H7BrN2O/c1-9-7(11)5-2-3-10-4-6(5)8/h2-4H,1H3,(H,9,11). The summed E-state index contributed by atoms with van der Waals surface area (Å²) >= 11 is 3.21. The second kappa shape index (κ2) is 3.48. The van der Waals surface area contributed by atoms with Crippen LogP contribution in [0.25, 0.3) is 0 Å². The van der Waals surface area contributed by atoms with Gasteiger partial charge in [-0.05, 0) is 22.0 Å². The van der Waals surface area contributed by atoms with Crippen molar-refractivity contribution in [3.05, 3.63) is 28.5 Å². The number of carbonyl (C=O) groups is 1. The minimum Gasteiger partial charge on any atom is -0.355 e. The van der Waals surface area contributed by atoms with E-state index in [0.717, 1.165) is 0 Å². The molecular formula is C7H7BrN2O. The summed E-state index contributed by atoms with van der Waals surface area (Å²) in [7, 11) is 1.59. The molecule has 0 bridgehead atoms. The molecule has 1 heterocycles. The smallest absolute Gasteiger partial charge is 0.252 e. The Balaban J connectivity index is 3.03.